The summed E-state index contributed by atoms with van der Waals surface area (Å²) in [6, 6.07) is 11.9. The number of aliphatic hydroxyl groups is 1. The molecule has 5 rings (SSSR count). The molecule has 1 aliphatic carbocycles. The van der Waals surface area contributed by atoms with E-state index >= 15 is 0 Å². The van der Waals surface area contributed by atoms with E-state index in [4.69, 9.17) is 4.74 Å². The summed E-state index contributed by atoms with van der Waals surface area (Å²) < 4.78 is 42.8. The van der Waals surface area contributed by atoms with E-state index in [2.05, 4.69) is 14.8 Å². The highest BCUT2D eigenvalue weighted by molar-refractivity contribution is 6.02. The van der Waals surface area contributed by atoms with Gasteiger partial charge in [-0.25, -0.2) is 4.79 Å². The Morgan fingerprint density at radius 1 is 1.11 bits per heavy atom. The Balaban J connectivity index is 1.40. The molecule has 1 atom stereocenters. The number of nitrogens with zero attached hydrogens (tertiary/aromatic N) is 1. The molecule has 1 amide bonds. The van der Waals surface area contributed by atoms with Crippen LogP contribution in [-0.4, -0.2) is 40.6 Å². The van der Waals surface area contributed by atoms with Gasteiger partial charge < -0.3 is 29.2 Å². The molecule has 38 heavy (non-hydrogen) atoms. The summed E-state index contributed by atoms with van der Waals surface area (Å²) in [5.74, 6) is -1.07. The van der Waals surface area contributed by atoms with Gasteiger partial charge in [0.15, 0.2) is 17.6 Å². The number of halogens is 2. The molecule has 2 aliphatic rings. The maximum Gasteiger partial charge on any atom is 0.586 e. The molecule has 3 aromatic rings. The lowest BCUT2D eigenvalue weighted by Gasteiger charge is -2.23. The van der Waals surface area contributed by atoms with E-state index in [0.717, 1.165) is 16.6 Å². The zero-order valence-electron chi connectivity index (χ0n) is 21.6. The molecule has 0 bridgehead atoms. The van der Waals surface area contributed by atoms with E-state index in [1.165, 1.54) is 12.1 Å². The average molecular weight is 529 g/mol. The summed E-state index contributed by atoms with van der Waals surface area (Å²) in [5, 5.41) is 14.2. The number of rotatable bonds is 7. The van der Waals surface area contributed by atoms with Gasteiger partial charge in [0.25, 0.3) is 0 Å². The summed E-state index contributed by atoms with van der Waals surface area (Å²) in [4.78, 5) is 25.4. The Morgan fingerprint density at radius 2 is 1.82 bits per heavy atom. The molecular formula is C28H30F2N2O6. The van der Waals surface area contributed by atoms with Gasteiger partial charge in [-0.05, 0) is 61.7 Å². The number of benzene rings is 2. The van der Waals surface area contributed by atoms with E-state index in [-0.39, 0.29) is 36.0 Å². The number of anilines is 1. The van der Waals surface area contributed by atoms with Gasteiger partial charge in [0, 0.05) is 27.7 Å². The minimum absolute atomic E-state index is 0.0346. The van der Waals surface area contributed by atoms with Gasteiger partial charge in [0.05, 0.1) is 18.6 Å². The summed E-state index contributed by atoms with van der Waals surface area (Å²) in [7, 11) is 0. The first kappa shape index (κ1) is 26.0. The first-order valence-corrected chi connectivity index (χ1v) is 12.5. The highest BCUT2D eigenvalue weighted by atomic mass is 19.3. The van der Waals surface area contributed by atoms with Gasteiger partial charge >= 0.3 is 12.3 Å². The van der Waals surface area contributed by atoms with Crippen LogP contribution < -0.4 is 14.8 Å². The van der Waals surface area contributed by atoms with E-state index in [0.29, 0.717) is 24.1 Å². The fraction of sp³-hybridized carbons (Fsp3) is 0.429. The third-order valence-electron chi connectivity index (χ3n) is 6.98. The Kier molecular flexibility index (Phi) is 6.13. The molecule has 0 saturated heterocycles. The number of fused-ring (bicyclic) bond motifs is 2. The van der Waals surface area contributed by atoms with E-state index < -0.39 is 23.8 Å². The number of alkyl halides is 2. The minimum Gasteiger partial charge on any atom is -0.464 e. The van der Waals surface area contributed by atoms with Crippen molar-refractivity contribution in [2.75, 3.05) is 11.9 Å². The minimum atomic E-state index is -3.72. The third kappa shape index (κ3) is 4.69. The molecule has 0 unspecified atom stereocenters. The van der Waals surface area contributed by atoms with Crippen molar-refractivity contribution in [1.29, 1.82) is 0 Å². The SMILES string of the molecule is CCOC(=O)[C@H](O)Cn1c(C(C)(C)C)cc2cc(NC(=O)C3(c4ccc5c(c4)OC(F)(F)O5)CC3)ccc21. The lowest BCUT2D eigenvalue weighted by molar-refractivity contribution is -0.286. The number of esters is 1. The molecule has 10 heteroatoms. The predicted molar refractivity (Wildman–Crippen MR) is 135 cm³/mol. The second kappa shape index (κ2) is 8.97. The number of ether oxygens (including phenoxy) is 3. The fourth-order valence-corrected chi connectivity index (χ4v) is 4.92. The summed E-state index contributed by atoms with van der Waals surface area (Å²) in [6.07, 6.45) is -3.88. The molecule has 1 saturated carbocycles. The molecular weight excluding hydrogens is 498 g/mol. The first-order chi connectivity index (χ1) is 17.8. The van der Waals surface area contributed by atoms with Crippen LogP contribution in [-0.2, 0) is 31.7 Å². The topological polar surface area (TPSA) is 99.0 Å². The van der Waals surface area contributed by atoms with Crippen molar-refractivity contribution in [2.24, 2.45) is 0 Å². The average Bonchev–Trinajstić information content (AvgIpc) is 3.47. The molecule has 202 valence electrons. The number of nitrogens with one attached hydrogen (secondary N) is 1. The quantitative estimate of drug-likeness (QED) is 0.425. The van der Waals surface area contributed by atoms with Crippen LogP contribution in [0.1, 0.15) is 51.8 Å². The van der Waals surface area contributed by atoms with E-state index in [1.54, 1.807) is 19.1 Å². The first-order valence-electron chi connectivity index (χ1n) is 12.5. The van der Waals surface area contributed by atoms with Crippen molar-refractivity contribution in [3.8, 4) is 11.5 Å². The smallest absolute Gasteiger partial charge is 0.464 e. The van der Waals surface area contributed by atoms with Crippen LogP contribution in [0.4, 0.5) is 14.5 Å². The van der Waals surface area contributed by atoms with Gasteiger partial charge in [0.1, 0.15) is 0 Å². The number of hydrogen-bond acceptors (Lipinski definition) is 6. The standard InChI is InChI=1S/C28H30F2N2O6/c1-5-36-24(34)20(33)15-32-19-8-7-18(12-16(19)13-23(32)26(2,3)4)31-25(35)27(10-11-27)17-6-9-21-22(14-17)38-28(29,30)37-21/h6-9,12-14,20,33H,5,10-11,15H2,1-4H3,(H,31,35)/t20-/m1/s1. The number of carbonyl (C=O) groups excluding carboxylic acids is 2. The Hall–Kier alpha value is -3.66. The normalized spacial score (nSPS) is 17.8. The highest BCUT2D eigenvalue weighted by Gasteiger charge is 2.52. The van der Waals surface area contributed by atoms with Crippen LogP contribution in [0.3, 0.4) is 0 Å². The molecule has 2 heterocycles. The second-order valence-corrected chi connectivity index (χ2v) is 10.8. The third-order valence-corrected chi connectivity index (χ3v) is 6.98. The largest absolute Gasteiger partial charge is 0.586 e. The van der Waals surface area contributed by atoms with Crippen LogP contribution in [0.5, 0.6) is 11.5 Å². The molecule has 1 aromatic heterocycles. The van der Waals surface area contributed by atoms with Crippen molar-refractivity contribution >= 4 is 28.5 Å². The molecule has 0 radical (unpaired) electrons. The molecule has 8 nitrogen and oxygen atoms in total. The summed E-state index contributed by atoms with van der Waals surface area (Å²) in [5.41, 5.74) is 1.75. The Labute approximate surface area is 218 Å². The van der Waals surface area contributed by atoms with Crippen molar-refractivity contribution in [3.63, 3.8) is 0 Å². The molecule has 1 aliphatic heterocycles. The van der Waals surface area contributed by atoms with Crippen LogP contribution in [0.15, 0.2) is 42.5 Å². The number of amides is 1. The lowest BCUT2D eigenvalue weighted by Crippen LogP contribution is -2.30. The van der Waals surface area contributed by atoms with Gasteiger partial charge in [0.2, 0.25) is 5.91 Å². The van der Waals surface area contributed by atoms with Crippen LogP contribution in [0.25, 0.3) is 10.9 Å². The zero-order chi connectivity index (χ0) is 27.5. The van der Waals surface area contributed by atoms with Crippen molar-refractivity contribution in [1.82, 2.24) is 4.57 Å². The monoisotopic (exact) mass is 528 g/mol. The van der Waals surface area contributed by atoms with Gasteiger partial charge in [-0.1, -0.05) is 26.8 Å². The van der Waals surface area contributed by atoms with Gasteiger partial charge in [-0.15, -0.1) is 8.78 Å². The number of carbonyl (C=O) groups is 2. The van der Waals surface area contributed by atoms with Gasteiger partial charge in [-0.3, -0.25) is 4.79 Å². The lowest BCUT2D eigenvalue weighted by atomic mass is 9.92. The van der Waals surface area contributed by atoms with Crippen LogP contribution in [0.2, 0.25) is 0 Å². The fourth-order valence-electron chi connectivity index (χ4n) is 4.92. The maximum absolute atomic E-state index is 13.4. The van der Waals surface area contributed by atoms with E-state index in [9.17, 15) is 23.5 Å². The van der Waals surface area contributed by atoms with Gasteiger partial charge in [-0.2, -0.15) is 0 Å². The second-order valence-electron chi connectivity index (χ2n) is 10.8. The van der Waals surface area contributed by atoms with Crippen LogP contribution >= 0.6 is 0 Å². The predicted octanol–water partition coefficient (Wildman–Crippen LogP) is 4.85. The number of aliphatic hydroxyl groups excluding tert-OH is 1. The van der Waals surface area contributed by atoms with Crippen LogP contribution in [0, 0.1) is 0 Å². The molecule has 2 aromatic carbocycles. The molecule has 0 spiro atoms. The zero-order valence-corrected chi connectivity index (χ0v) is 21.6. The number of aromatic nitrogens is 1. The molecule has 1 fully saturated rings. The van der Waals surface area contributed by atoms with Crippen molar-refractivity contribution < 1.29 is 37.7 Å². The summed E-state index contributed by atoms with van der Waals surface area (Å²) in [6.45, 7) is 8.01. The van der Waals surface area contributed by atoms with Crippen molar-refractivity contribution in [2.45, 2.75) is 70.3 Å². The Morgan fingerprint density at radius 3 is 2.47 bits per heavy atom. The highest BCUT2D eigenvalue weighted by Crippen LogP contribution is 2.52. The Bertz CT molecular complexity index is 1420. The maximum atomic E-state index is 13.4. The van der Waals surface area contributed by atoms with E-state index in [1.807, 2.05) is 43.5 Å². The van der Waals surface area contributed by atoms with Crippen molar-refractivity contribution in [3.05, 3.63) is 53.7 Å². The molecule has 2 N–H and O–H groups in total. The number of hydrogen-bond donors (Lipinski definition) is 2. The summed E-state index contributed by atoms with van der Waals surface area (Å²) >= 11 is 0.